The Morgan fingerprint density at radius 2 is 1.55 bits per heavy atom. The van der Waals surface area contributed by atoms with Gasteiger partial charge in [-0.2, -0.15) is 0 Å². The molecule has 0 radical (unpaired) electrons. The molecule has 2 heteroatoms. The third-order valence-electron chi connectivity index (χ3n) is 1.72. The van der Waals surface area contributed by atoms with Gasteiger partial charge in [0.05, 0.1) is 0 Å². The maximum atomic E-state index is 4.02. The fraction of sp³-hybridized carbons (Fsp3) is 0.333. The van der Waals surface area contributed by atoms with Gasteiger partial charge in [0.1, 0.15) is 0 Å². The van der Waals surface area contributed by atoms with Crippen LogP contribution in [0.2, 0.25) is 0 Å². The van der Waals surface area contributed by atoms with Gasteiger partial charge in [-0.3, -0.25) is 0 Å². The van der Waals surface area contributed by atoms with Crippen molar-refractivity contribution < 1.29 is 15.8 Å². The molecule has 59 valence electrons. The quantitative estimate of drug-likeness (QED) is 0.601. The molecule has 0 unspecified atom stereocenters. The molecular formula is C9H11MnN. The average molecular weight is 188 g/mol. The molecule has 1 aromatic rings. The van der Waals surface area contributed by atoms with Gasteiger partial charge in [0, 0.05) is 0 Å². The summed E-state index contributed by atoms with van der Waals surface area (Å²) in [7, 11) is 0. The standard InChI is InChI=1S/C9H11N.Mn/c1-6-4-7(2)9(10)8(3)5-6;/h4-5H,1-3H3;. The molecule has 1 rings (SSSR count). The van der Waals surface area contributed by atoms with Crippen molar-refractivity contribution in [2.45, 2.75) is 20.8 Å². The van der Waals surface area contributed by atoms with Gasteiger partial charge < -0.3 is 0 Å². The first kappa shape index (κ1) is 8.63. The van der Waals surface area contributed by atoms with E-state index in [1.165, 1.54) is 16.7 Å². The predicted molar refractivity (Wildman–Crippen MR) is 42.7 cm³/mol. The van der Waals surface area contributed by atoms with Gasteiger partial charge in [0.2, 0.25) is 0 Å². The van der Waals surface area contributed by atoms with Gasteiger partial charge in [0.15, 0.2) is 0 Å². The zero-order chi connectivity index (χ0) is 8.43. The first-order valence-electron chi connectivity index (χ1n) is 3.55. The van der Waals surface area contributed by atoms with Crippen LogP contribution in [0.3, 0.4) is 0 Å². The van der Waals surface area contributed by atoms with Crippen molar-refractivity contribution in [3.8, 4) is 0 Å². The van der Waals surface area contributed by atoms with Crippen LogP contribution < -0.4 is 0 Å². The normalized spacial score (nSPS) is 9.73. The molecule has 0 N–H and O–H groups in total. The maximum absolute atomic E-state index is 4.02. The molecule has 0 amide bonds. The fourth-order valence-electron chi connectivity index (χ4n) is 1.31. The van der Waals surface area contributed by atoms with E-state index in [1.807, 2.05) is 0 Å². The molecule has 0 aliphatic heterocycles. The van der Waals surface area contributed by atoms with E-state index < -0.39 is 0 Å². The van der Waals surface area contributed by atoms with E-state index in [0.29, 0.717) is 0 Å². The summed E-state index contributed by atoms with van der Waals surface area (Å²) in [4.78, 5) is 0. The van der Waals surface area contributed by atoms with Crippen LogP contribution in [0.5, 0.6) is 0 Å². The van der Waals surface area contributed by atoms with Crippen molar-refractivity contribution in [2.75, 3.05) is 0 Å². The summed E-state index contributed by atoms with van der Waals surface area (Å²) in [5, 5.41) is 0. The molecule has 0 aliphatic carbocycles. The molecule has 0 aliphatic rings. The Bertz CT molecular complexity index is 269. The Kier molecular flexibility index (Phi) is 2.58. The van der Waals surface area contributed by atoms with Gasteiger partial charge in [-0.25, -0.2) is 0 Å². The van der Waals surface area contributed by atoms with Crippen LogP contribution in [-0.2, 0) is 15.8 Å². The van der Waals surface area contributed by atoms with Crippen molar-refractivity contribution in [3.63, 3.8) is 0 Å². The van der Waals surface area contributed by atoms with Crippen LogP contribution in [0.1, 0.15) is 16.7 Å². The second-order valence-corrected chi connectivity index (χ2v) is 3.10. The molecular weight excluding hydrogens is 177 g/mol. The molecule has 1 nitrogen and oxygen atoms in total. The summed E-state index contributed by atoms with van der Waals surface area (Å²) in [5.74, 6) is 0. The Labute approximate surface area is 75.4 Å². The third kappa shape index (κ3) is 1.76. The molecule has 0 saturated heterocycles. The van der Waals surface area contributed by atoms with E-state index in [4.69, 9.17) is 0 Å². The number of rotatable bonds is 1. The van der Waals surface area contributed by atoms with Crippen molar-refractivity contribution >= 4 is 5.69 Å². The van der Waals surface area contributed by atoms with E-state index in [-0.39, 0.29) is 0 Å². The van der Waals surface area contributed by atoms with Gasteiger partial charge in [0.25, 0.3) is 0 Å². The first-order chi connectivity index (χ1) is 5.15. The molecule has 0 atom stereocenters. The summed E-state index contributed by atoms with van der Waals surface area (Å²) >= 11 is 3.11. The molecule has 11 heavy (non-hydrogen) atoms. The summed E-state index contributed by atoms with van der Waals surface area (Å²) < 4.78 is 4.02. The van der Waals surface area contributed by atoms with E-state index >= 15 is 0 Å². The van der Waals surface area contributed by atoms with Crippen molar-refractivity contribution in [2.24, 2.45) is 3.96 Å². The van der Waals surface area contributed by atoms with Crippen LogP contribution in [-0.4, -0.2) is 0 Å². The molecule has 0 fully saturated rings. The van der Waals surface area contributed by atoms with Gasteiger partial charge >= 0.3 is 75.1 Å². The Balaban J connectivity index is 3.36. The number of hydrogen-bond acceptors (Lipinski definition) is 1. The van der Waals surface area contributed by atoms with E-state index in [9.17, 15) is 0 Å². The van der Waals surface area contributed by atoms with Crippen LogP contribution in [0.25, 0.3) is 0 Å². The number of hydrogen-bond donors (Lipinski definition) is 0. The van der Waals surface area contributed by atoms with E-state index in [0.717, 1.165) is 5.69 Å². The van der Waals surface area contributed by atoms with Crippen LogP contribution in [0.15, 0.2) is 16.1 Å². The summed E-state index contributed by atoms with van der Waals surface area (Å²) in [6, 6.07) is 4.26. The number of nitrogens with zero attached hydrogens (tertiary/aromatic N) is 1. The number of benzene rings is 1. The summed E-state index contributed by atoms with van der Waals surface area (Å²) in [6.07, 6.45) is 0. The second kappa shape index (κ2) is 3.29. The van der Waals surface area contributed by atoms with Crippen LogP contribution in [0, 0.1) is 20.8 Å². The molecule has 0 aromatic heterocycles. The SMILES string of the molecule is Cc1cc(C)c([N]=[Mn])c(C)c1. The van der Waals surface area contributed by atoms with E-state index in [1.54, 1.807) is 0 Å². The van der Waals surface area contributed by atoms with E-state index in [2.05, 4.69) is 52.7 Å². The predicted octanol–water partition coefficient (Wildman–Crippen LogP) is 2.97. The molecule has 0 heterocycles. The molecule has 0 spiro atoms. The zero-order valence-corrected chi connectivity index (χ0v) is 8.16. The fourth-order valence-corrected chi connectivity index (χ4v) is 1.72. The molecule has 0 saturated carbocycles. The minimum absolute atomic E-state index is 1.05. The molecule has 1 aromatic carbocycles. The van der Waals surface area contributed by atoms with Crippen LogP contribution in [0.4, 0.5) is 5.69 Å². The average Bonchev–Trinajstić information content (AvgIpc) is 1.85. The third-order valence-corrected chi connectivity index (χ3v) is 1.98. The van der Waals surface area contributed by atoms with Crippen LogP contribution >= 0.6 is 0 Å². The monoisotopic (exact) mass is 188 g/mol. The topological polar surface area (TPSA) is 12.4 Å². The second-order valence-electron chi connectivity index (χ2n) is 2.83. The Morgan fingerprint density at radius 3 is 1.91 bits per heavy atom. The first-order valence-corrected chi connectivity index (χ1v) is 4.08. The van der Waals surface area contributed by atoms with Gasteiger partial charge in [-0.05, 0) is 0 Å². The Hall–Kier alpha value is -0.461. The zero-order valence-electron chi connectivity index (χ0n) is 6.98. The van der Waals surface area contributed by atoms with Crippen molar-refractivity contribution in [1.29, 1.82) is 0 Å². The van der Waals surface area contributed by atoms with Gasteiger partial charge in [-0.1, -0.05) is 0 Å². The minimum atomic E-state index is 1.05. The Morgan fingerprint density at radius 1 is 1.09 bits per heavy atom. The van der Waals surface area contributed by atoms with Crippen molar-refractivity contribution in [1.82, 2.24) is 0 Å². The molecule has 0 bridgehead atoms. The summed E-state index contributed by atoms with van der Waals surface area (Å²) in [6.45, 7) is 6.23. The van der Waals surface area contributed by atoms with Crippen molar-refractivity contribution in [3.05, 3.63) is 28.8 Å². The number of aryl methyl sites for hydroxylation is 3. The van der Waals surface area contributed by atoms with Gasteiger partial charge in [-0.15, -0.1) is 0 Å². The summed E-state index contributed by atoms with van der Waals surface area (Å²) in [5.41, 5.74) is 4.79.